The Bertz CT molecular complexity index is 656. The Labute approximate surface area is 119 Å². The largest absolute Gasteiger partial charge is 0.492 e. The van der Waals surface area contributed by atoms with Crippen LogP contribution in [0.15, 0.2) is 39.8 Å². The number of benzene rings is 1. The van der Waals surface area contributed by atoms with E-state index in [0.717, 1.165) is 0 Å². The fourth-order valence-electron chi connectivity index (χ4n) is 1.48. The molecule has 0 radical (unpaired) electrons. The number of halogens is 1. The maximum absolute atomic E-state index is 12.3. The van der Waals surface area contributed by atoms with E-state index in [-0.39, 0.29) is 4.90 Å². The molecular formula is C11H12BrN3O3S. The highest BCUT2D eigenvalue weighted by Crippen LogP contribution is 2.28. The van der Waals surface area contributed by atoms with Crippen molar-refractivity contribution < 1.29 is 13.2 Å². The van der Waals surface area contributed by atoms with Crippen molar-refractivity contribution in [3.8, 4) is 5.75 Å². The van der Waals surface area contributed by atoms with Crippen LogP contribution >= 0.6 is 15.9 Å². The van der Waals surface area contributed by atoms with Crippen LogP contribution in [0.1, 0.15) is 6.92 Å². The van der Waals surface area contributed by atoms with Crippen molar-refractivity contribution in [2.24, 2.45) is 0 Å². The maximum atomic E-state index is 12.3. The lowest BCUT2D eigenvalue weighted by Crippen LogP contribution is -2.14. The minimum Gasteiger partial charge on any atom is -0.492 e. The minimum atomic E-state index is -3.73. The zero-order valence-corrected chi connectivity index (χ0v) is 12.5. The number of aromatic amines is 1. The minimum absolute atomic E-state index is 0.0679. The van der Waals surface area contributed by atoms with Crippen LogP contribution in [-0.2, 0) is 10.0 Å². The number of rotatable bonds is 5. The molecule has 0 bridgehead atoms. The number of hydrogen-bond acceptors (Lipinski definition) is 4. The summed E-state index contributed by atoms with van der Waals surface area (Å²) < 4.78 is 33.0. The average Bonchev–Trinajstić information content (AvgIpc) is 2.83. The fraction of sp³-hybridized carbons (Fsp3) is 0.182. The highest BCUT2D eigenvalue weighted by Gasteiger charge is 2.20. The number of hydrogen-bond donors (Lipinski definition) is 2. The molecule has 0 spiro atoms. The second-order valence-corrected chi connectivity index (χ2v) is 6.17. The number of ether oxygens (including phenoxy) is 1. The fourth-order valence-corrected chi connectivity index (χ4v) is 3.18. The third-order valence-corrected chi connectivity index (χ3v) is 4.12. The third kappa shape index (κ3) is 3.27. The summed E-state index contributed by atoms with van der Waals surface area (Å²) >= 11 is 3.25. The van der Waals surface area contributed by atoms with Crippen molar-refractivity contribution in [2.75, 3.05) is 11.3 Å². The van der Waals surface area contributed by atoms with E-state index < -0.39 is 10.0 Å². The average molecular weight is 346 g/mol. The van der Waals surface area contributed by atoms with Crippen molar-refractivity contribution in [3.05, 3.63) is 34.9 Å². The second-order valence-electron chi connectivity index (χ2n) is 3.60. The summed E-state index contributed by atoms with van der Waals surface area (Å²) in [6, 6.07) is 6.34. The number of sulfonamides is 1. The molecule has 0 unspecified atom stereocenters. The Kier molecular flexibility index (Phi) is 4.11. The number of aromatic nitrogens is 2. The molecule has 2 aromatic rings. The van der Waals surface area contributed by atoms with E-state index in [4.69, 9.17) is 4.74 Å². The van der Waals surface area contributed by atoms with Crippen LogP contribution in [-0.4, -0.2) is 25.2 Å². The van der Waals surface area contributed by atoms with Gasteiger partial charge in [0.25, 0.3) is 10.0 Å². The molecule has 0 amide bonds. The molecule has 1 aromatic carbocycles. The zero-order valence-electron chi connectivity index (χ0n) is 10.1. The van der Waals surface area contributed by atoms with Crippen LogP contribution in [0.5, 0.6) is 5.75 Å². The van der Waals surface area contributed by atoms with E-state index in [1.165, 1.54) is 18.3 Å². The molecule has 0 aliphatic heterocycles. The quantitative estimate of drug-likeness (QED) is 0.871. The smallest absolute Gasteiger partial charge is 0.266 e. The Morgan fingerprint density at radius 3 is 2.84 bits per heavy atom. The van der Waals surface area contributed by atoms with Gasteiger partial charge in [0.1, 0.15) is 16.5 Å². The molecule has 0 saturated carbocycles. The number of anilines is 1. The zero-order chi connectivity index (χ0) is 13.9. The summed E-state index contributed by atoms with van der Waals surface area (Å²) in [5.74, 6) is 0.597. The first-order valence-corrected chi connectivity index (χ1v) is 7.75. The van der Waals surface area contributed by atoms with E-state index in [1.54, 1.807) is 19.1 Å². The number of nitrogens with zero attached hydrogens (tertiary/aromatic N) is 1. The maximum Gasteiger partial charge on any atom is 0.266 e. The third-order valence-electron chi connectivity index (χ3n) is 2.24. The molecule has 1 aromatic heterocycles. The van der Waals surface area contributed by atoms with Crippen LogP contribution in [0.25, 0.3) is 0 Å². The molecular weight excluding hydrogens is 334 g/mol. The monoisotopic (exact) mass is 345 g/mol. The SMILES string of the molecule is CCOc1ccc(Br)cc1S(=O)(=O)Nc1ccn[nH]1. The molecule has 0 atom stereocenters. The van der Waals surface area contributed by atoms with Crippen LogP contribution < -0.4 is 9.46 Å². The molecule has 1 heterocycles. The Morgan fingerprint density at radius 1 is 1.42 bits per heavy atom. The van der Waals surface area contributed by atoms with Gasteiger partial charge in [0.05, 0.1) is 12.8 Å². The van der Waals surface area contributed by atoms with Gasteiger partial charge < -0.3 is 4.74 Å². The summed E-state index contributed by atoms with van der Waals surface area (Å²) in [4.78, 5) is 0.0679. The van der Waals surface area contributed by atoms with Crippen molar-refractivity contribution >= 4 is 31.8 Å². The Hall–Kier alpha value is -1.54. The Balaban J connectivity index is 2.41. The molecule has 0 aliphatic carbocycles. The van der Waals surface area contributed by atoms with Gasteiger partial charge in [-0.1, -0.05) is 15.9 Å². The van der Waals surface area contributed by atoms with Crippen LogP contribution in [0.3, 0.4) is 0 Å². The first-order chi connectivity index (χ1) is 9.03. The highest BCUT2D eigenvalue weighted by molar-refractivity contribution is 9.10. The van der Waals surface area contributed by atoms with Crippen molar-refractivity contribution in [3.63, 3.8) is 0 Å². The number of H-pyrrole nitrogens is 1. The second kappa shape index (κ2) is 5.62. The molecule has 102 valence electrons. The molecule has 2 N–H and O–H groups in total. The lowest BCUT2D eigenvalue weighted by Gasteiger charge is -2.11. The van der Waals surface area contributed by atoms with Crippen molar-refractivity contribution in [1.29, 1.82) is 0 Å². The lowest BCUT2D eigenvalue weighted by molar-refractivity contribution is 0.331. The van der Waals surface area contributed by atoms with Gasteiger partial charge in [-0.05, 0) is 25.1 Å². The first-order valence-electron chi connectivity index (χ1n) is 5.47. The van der Waals surface area contributed by atoms with Gasteiger partial charge in [-0.25, -0.2) is 8.42 Å². The van der Waals surface area contributed by atoms with Gasteiger partial charge in [0.2, 0.25) is 0 Å². The van der Waals surface area contributed by atoms with Gasteiger partial charge in [0, 0.05) is 10.5 Å². The summed E-state index contributed by atoms with van der Waals surface area (Å²) in [7, 11) is -3.73. The van der Waals surface area contributed by atoms with Gasteiger partial charge in [0.15, 0.2) is 0 Å². The van der Waals surface area contributed by atoms with Crippen LogP contribution in [0.2, 0.25) is 0 Å². The molecule has 0 fully saturated rings. The summed E-state index contributed by atoms with van der Waals surface area (Å²) in [5, 5.41) is 6.22. The van der Waals surface area contributed by atoms with E-state index in [2.05, 4.69) is 30.8 Å². The predicted molar refractivity (Wildman–Crippen MR) is 74.7 cm³/mol. The summed E-state index contributed by atoms with van der Waals surface area (Å²) in [6.07, 6.45) is 1.46. The van der Waals surface area contributed by atoms with E-state index in [0.29, 0.717) is 22.6 Å². The van der Waals surface area contributed by atoms with E-state index in [1.807, 2.05) is 0 Å². The van der Waals surface area contributed by atoms with Crippen LogP contribution in [0, 0.1) is 0 Å². The lowest BCUT2D eigenvalue weighted by atomic mass is 10.3. The van der Waals surface area contributed by atoms with Gasteiger partial charge in [-0.2, -0.15) is 5.10 Å². The Morgan fingerprint density at radius 2 is 2.21 bits per heavy atom. The number of nitrogens with one attached hydrogen (secondary N) is 2. The van der Waals surface area contributed by atoms with Gasteiger partial charge in [-0.3, -0.25) is 9.82 Å². The predicted octanol–water partition coefficient (Wildman–Crippen LogP) is 2.37. The molecule has 2 rings (SSSR count). The highest BCUT2D eigenvalue weighted by atomic mass is 79.9. The standard InChI is InChI=1S/C11H12BrN3O3S/c1-2-18-9-4-3-8(12)7-10(9)19(16,17)15-11-5-6-13-14-11/h3-7H,2H2,1H3,(H2,13,14,15). The molecule has 19 heavy (non-hydrogen) atoms. The van der Waals surface area contributed by atoms with Gasteiger partial charge >= 0.3 is 0 Å². The van der Waals surface area contributed by atoms with E-state index >= 15 is 0 Å². The normalized spacial score (nSPS) is 11.3. The molecule has 6 nitrogen and oxygen atoms in total. The van der Waals surface area contributed by atoms with E-state index in [9.17, 15) is 8.42 Å². The first kappa shape index (κ1) is 13.9. The van der Waals surface area contributed by atoms with Crippen LogP contribution in [0.4, 0.5) is 5.82 Å². The molecule has 0 saturated heterocycles. The topological polar surface area (TPSA) is 84.1 Å². The molecule has 0 aliphatic rings. The van der Waals surface area contributed by atoms with Crippen molar-refractivity contribution in [2.45, 2.75) is 11.8 Å². The molecule has 8 heteroatoms. The van der Waals surface area contributed by atoms with Crippen molar-refractivity contribution in [1.82, 2.24) is 10.2 Å². The van der Waals surface area contributed by atoms with Gasteiger partial charge in [-0.15, -0.1) is 0 Å². The summed E-state index contributed by atoms with van der Waals surface area (Å²) in [6.45, 7) is 2.18. The summed E-state index contributed by atoms with van der Waals surface area (Å²) in [5.41, 5.74) is 0.